The molecule has 0 radical (unpaired) electrons. The lowest BCUT2D eigenvalue weighted by atomic mass is 10.0. The highest BCUT2D eigenvalue weighted by Crippen LogP contribution is 2.41. The van der Waals surface area contributed by atoms with Crippen molar-refractivity contribution in [2.75, 3.05) is 12.9 Å². The number of hydrogen-bond donors (Lipinski definition) is 2. The van der Waals surface area contributed by atoms with Crippen molar-refractivity contribution in [2.24, 2.45) is 0 Å². The summed E-state index contributed by atoms with van der Waals surface area (Å²) in [5.41, 5.74) is 1.60. The van der Waals surface area contributed by atoms with Crippen molar-refractivity contribution >= 4 is 35.5 Å². The van der Waals surface area contributed by atoms with Gasteiger partial charge in [-0.1, -0.05) is 72.8 Å². The number of rotatable bonds is 9. The summed E-state index contributed by atoms with van der Waals surface area (Å²) in [4.78, 5) is 52.7. The van der Waals surface area contributed by atoms with E-state index in [2.05, 4.69) is 5.32 Å². The van der Waals surface area contributed by atoms with Crippen molar-refractivity contribution in [2.45, 2.75) is 23.9 Å². The number of nitrogens with zero attached hydrogens (tertiary/aromatic N) is 1. The zero-order valence-electron chi connectivity index (χ0n) is 21.5. The molecule has 3 aromatic rings. The van der Waals surface area contributed by atoms with E-state index in [1.54, 1.807) is 55.6 Å². The summed E-state index contributed by atoms with van der Waals surface area (Å²) < 4.78 is 11.0. The van der Waals surface area contributed by atoms with Gasteiger partial charge in [0.25, 0.3) is 5.91 Å². The fourth-order valence-corrected chi connectivity index (χ4v) is 6.01. The van der Waals surface area contributed by atoms with Crippen LogP contribution in [0.3, 0.4) is 0 Å². The minimum atomic E-state index is -1.31. The number of fused-ring (bicyclic) bond motifs is 1. The van der Waals surface area contributed by atoms with Crippen molar-refractivity contribution in [1.82, 2.24) is 10.2 Å². The van der Waals surface area contributed by atoms with Gasteiger partial charge in [0.1, 0.15) is 22.9 Å². The first-order chi connectivity index (χ1) is 19.4. The summed E-state index contributed by atoms with van der Waals surface area (Å²) >= 11 is 1.17. The van der Waals surface area contributed by atoms with Gasteiger partial charge in [0, 0.05) is 5.75 Å². The highest BCUT2D eigenvalue weighted by atomic mass is 32.2. The van der Waals surface area contributed by atoms with Crippen molar-refractivity contribution in [3.05, 3.63) is 113 Å². The van der Waals surface area contributed by atoms with E-state index in [-0.39, 0.29) is 29.4 Å². The van der Waals surface area contributed by atoms with Gasteiger partial charge >= 0.3 is 11.9 Å². The van der Waals surface area contributed by atoms with E-state index in [9.17, 15) is 24.3 Å². The molecule has 2 atom stereocenters. The third-order valence-corrected chi connectivity index (χ3v) is 7.97. The Labute approximate surface area is 234 Å². The molecule has 0 saturated carbocycles. The van der Waals surface area contributed by atoms with Crippen LogP contribution in [0, 0.1) is 0 Å². The molecule has 3 aromatic carbocycles. The van der Waals surface area contributed by atoms with Crippen LogP contribution >= 0.6 is 11.8 Å². The molecule has 10 heteroatoms. The Morgan fingerprint density at radius 2 is 1.57 bits per heavy atom. The number of esters is 1. The van der Waals surface area contributed by atoms with Gasteiger partial charge in [0.15, 0.2) is 6.10 Å². The molecule has 9 nitrogen and oxygen atoms in total. The predicted octanol–water partition coefficient (Wildman–Crippen LogP) is 3.31. The van der Waals surface area contributed by atoms with Crippen molar-refractivity contribution < 1.29 is 33.8 Å². The molecule has 1 unspecified atom stereocenters. The Hall–Kier alpha value is -4.57. The summed E-state index contributed by atoms with van der Waals surface area (Å²) in [5.74, 6) is -2.53. The Kier molecular flexibility index (Phi) is 7.88. The van der Waals surface area contributed by atoms with Gasteiger partial charge in [-0.2, -0.15) is 0 Å². The Balaban J connectivity index is 1.35. The summed E-state index contributed by atoms with van der Waals surface area (Å²) in [6.07, 6.45) is -0.770. The lowest BCUT2D eigenvalue weighted by Crippen LogP contribution is -2.71. The Morgan fingerprint density at radius 1 is 0.975 bits per heavy atom. The number of ether oxygens (including phenoxy) is 2. The van der Waals surface area contributed by atoms with E-state index in [0.717, 1.165) is 10.5 Å². The molecule has 204 valence electrons. The number of methoxy groups -OCH3 is 1. The number of aliphatic carboxylic acids is 1. The van der Waals surface area contributed by atoms with Crippen molar-refractivity contribution in [3.63, 3.8) is 0 Å². The maximum absolute atomic E-state index is 13.6. The van der Waals surface area contributed by atoms with Crippen LogP contribution in [-0.4, -0.2) is 58.0 Å². The maximum Gasteiger partial charge on any atom is 0.356 e. The molecule has 2 N–H and O–H groups in total. The first-order valence-corrected chi connectivity index (χ1v) is 13.6. The largest absolute Gasteiger partial charge is 0.497 e. The second-order valence-electron chi connectivity index (χ2n) is 9.22. The van der Waals surface area contributed by atoms with Gasteiger partial charge in [0.05, 0.1) is 19.1 Å². The number of thioether (sulfide) groups is 1. The van der Waals surface area contributed by atoms with Gasteiger partial charge in [-0.15, -0.1) is 11.8 Å². The second kappa shape index (κ2) is 11.7. The lowest BCUT2D eigenvalue weighted by molar-refractivity contribution is -0.155. The third-order valence-electron chi connectivity index (χ3n) is 6.69. The first-order valence-electron chi connectivity index (χ1n) is 12.5. The normalized spacial score (nSPS) is 18.1. The molecule has 2 aliphatic heterocycles. The number of β-lactam (4-membered cyclic amide) rings is 1. The van der Waals surface area contributed by atoms with Crippen LogP contribution in [-0.2, 0) is 30.3 Å². The van der Waals surface area contributed by atoms with Crippen LogP contribution in [0.4, 0.5) is 0 Å². The highest BCUT2D eigenvalue weighted by Gasteiger charge is 2.55. The maximum atomic E-state index is 13.6. The van der Waals surface area contributed by atoms with E-state index < -0.39 is 35.4 Å². The summed E-state index contributed by atoms with van der Waals surface area (Å²) in [5, 5.41) is 12.0. The molecular weight excluding hydrogens is 532 g/mol. The van der Waals surface area contributed by atoms with Crippen LogP contribution in [0.15, 0.2) is 96.2 Å². The minimum absolute atomic E-state index is 0.0274. The number of carboxylic acids is 1. The van der Waals surface area contributed by atoms with Crippen molar-refractivity contribution in [3.8, 4) is 5.75 Å². The van der Waals surface area contributed by atoms with Gasteiger partial charge < -0.3 is 19.9 Å². The predicted molar refractivity (Wildman–Crippen MR) is 147 cm³/mol. The van der Waals surface area contributed by atoms with Gasteiger partial charge in [0.2, 0.25) is 5.91 Å². The monoisotopic (exact) mass is 558 g/mol. The number of amides is 2. The van der Waals surface area contributed by atoms with Crippen LogP contribution in [0.2, 0.25) is 0 Å². The summed E-state index contributed by atoms with van der Waals surface area (Å²) in [7, 11) is 1.55. The highest BCUT2D eigenvalue weighted by molar-refractivity contribution is 8.00. The summed E-state index contributed by atoms with van der Waals surface area (Å²) in [6, 6.07) is 24.2. The Morgan fingerprint density at radius 3 is 2.12 bits per heavy atom. The number of carbonyl (C=O) groups excluding carboxylic acids is 3. The van der Waals surface area contributed by atoms with E-state index in [0.29, 0.717) is 16.9 Å². The van der Waals surface area contributed by atoms with Crippen LogP contribution < -0.4 is 10.1 Å². The van der Waals surface area contributed by atoms with Crippen LogP contribution in [0.1, 0.15) is 22.8 Å². The van der Waals surface area contributed by atoms with E-state index >= 15 is 0 Å². The molecule has 1 saturated heterocycles. The molecule has 5 rings (SSSR count). The molecule has 0 aromatic heterocycles. The zero-order valence-corrected chi connectivity index (χ0v) is 22.3. The van der Waals surface area contributed by atoms with Gasteiger partial charge in [-0.25, -0.2) is 9.59 Å². The van der Waals surface area contributed by atoms with Crippen LogP contribution in [0.25, 0.3) is 0 Å². The van der Waals surface area contributed by atoms with Crippen molar-refractivity contribution in [1.29, 1.82) is 0 Å². The first kappa shape index (κ1) is 27.0. The van der Waals surface area contributed by atoms with E-state index in [1.807, 2.05) is 36.4 Å². The molecule has 2 amide bonds. The number of nitrogens with one attached hydrogen (secondary N) is 1. The van der Waals surface area contributed by atoms with E-state index in [1.165, 1.54) is 11.8 Å². The van der Waals surface area contributed by atoms with Gasteiger partial charge in [-0.3, -0.25) is 14.5 Å². The zero-order chi connectivity index (χ0) is 28.2. The third kappa shape index (κ3) is 5.43. The lowest BCUT2D eigenvalue weighted by Gasteiger charge is -2.49. The summed E-state index contributed by atoms with van der Waals surface area (Å²) in [6.45, 7) is 0. The smallest absolute Gasteiger partial charge is 0.356 e. The minimum Gasteiger partial charge on any atom is -0.497 e. The molecule has 0 spiro atoms. The van der Waals surface area contributed by atoms with E-state index in [4.69, 9.17) is 9.47 Å². The molecule has 0 bridgehead atoms. The second-order valence-corrected chi connectivity index (χ2v) is 10.3. The average molecular weight is 559 g/mol. The van der Waals surface area contributed by atoms with Gasteiger partial charge in [-0.05, 0) is 28.8 Å². The number of hydrogen-bond acceptors (Lipinski definition) is 7. The van der Waals surface area contributed by atoms with Crippen LogP contribution in [0.5, 0.6) is 5.75 Å². The molecule has 2 heterocycles. The SMILES string of the molecule is COc1ccc(CC(=O)NC2C(=O)N3C(C(=O)OC(c4ccccc4)c4ccccc4)=C(C(=O)O)CS[C@H]23)cc1. The Bertz CT molecular complexity index is 1420. The topological polar surface area (TPSA) is 122 Å². The fraction of sp³-hybridized carbons (Fsp3) is 0.200. The fourth-order valence-electron chi connectivity index (χ4n) is 4.67. The standard InChI is InChI=1S/C30H26N2O7S/c1-38-21-14-12-18(13-15-21)16-23(33)31-24-27(34)32-25(22(29(35)36)17-40-28(24)32)30(37)39-26(19-8-4-2-5-9-19)20-10-6-3-7-11-20/h2-15,24,26,28H,16-17H2,1H3,(H,31,33)(H,35,36)/t24?,28-/m1/s1. The number of carbonyl (C=O) groups is 4. The molecule has 40 heavy (non-hydrogen) atoms. The average Bonchev–Trinajstić information content (AvgIpc) is 2.98. The molecule has 1 fully saturated rings. The number of carboxylic acid groups (broad SMARTS) is 1. The number of benzene rings is 3. The molecular formula is C30H26N2O7S. The quantitative estimate of drug-likeness (QED) is 0.303. The molecule has 2 aliphatic rings. The molecule has 0 aliphatic carbocycles.